The number of aryl methyl sites for hydroxylation is 1. The molecule has 0 unspecified atom stereocenters. The SMILES string of the molecule is Cc1ccc(/C=C(\C#N)C(=O)NC(=O)c2ccccc2F)cc1. The number of benzene rings is 2. The molecule has 0 saturated carbocycles. The van der Waals surface area contributed by atoms with E-state index < -0.39 is 17.6 Å². The van der Waals surface area contributed by atoms with Gasteiger partial charge >= 0.3 is 0 Å². The average Bonchev–Trinajstić information content (AvgIpc) is 2.54. The van der Waals surface area contributed by atoms with Gasteiger partial charge in [0.2, 0.25) is 0 Å². The fourth-order valence-corrected chi connectivity index (χ4v) is 1.86. The fourth-order valence-electron chi connectivity index (χ4n) is 1.86. The van der Waals surface area contributed by atoms with Crippen molar-refractivity contribution in [2.24, 2.45) is 0 Å². The lowest BCUT2D eigenvalue weighted by atomic mass is 10.1. The van der Waals surface area contributed by atoms with E-state index in [0.29, 0.717) is 5.56 Å². The maximum Gasteiger partial charge on any atom is 0.268 e. The Hall–Kier alpha value is -3.26. The van der Waals surface area contributed by atoms with E-state index in [2.05, 4.69) is 0 Å². The van der Waals surface area contributed by atoms with Crippen LogP contribution in [0.1, 0.15) is 21.5 Å². The lowest BCUT2D eigenvalue weighted by Gasteiger charge is -2.04. The van der Waals surface area contributed by atoms with Crippen LogP contribution in [0.4, 0.5) is 4.39 Å². The van der Waals surface area contributed by atoms with Crippen molar-refractivity contribution in [3.05, 3.63) is 76.6 Å². The van der Waals surface area contributed by atoms with Crippen LogP contribution < -0.4 is 5.32 Å². The van der Waals surface area contributed by atoms with Crippen LogP contribution in [0.5, 0.6) is 0 Å². The van der Waals surface area contributed by atoms with Gasteiger partial charge in [-0.3, -0.25) is 14.9 Å². The summed E-state index contributed by atoms with van der Waals surface area (Å²) in [5, 5.41) is 11.1. The van der Waals surface area contributed by atoms with Gasteiger partial charge in [0.05, 0.1) is 5.56 Å². The molecule has 23 heavy (non-hydrogen) atoms. The van der Waals surface area contributed by atoms with Crippen LogP contribution in [0.15, 0.2) is 54.1 Å². The Bertz CT molecular complexity index is 818. The summed E-state index contributed by atoms with van der Waals surface area (Å²) in [6.45, 7) is 1.92. The highest BCUT2D eigenvalue weighted by atomic mass is 19.1. The first-order chi connectivity index (χ1) is 11.0. The van der Waals surface area contributed by atoms with Crippen LogP contribution in [-0.4, -0.2) is 11.8 Å². The van der Waals surface area contributed by atoms with Gasteiger partial charge in [0.1, 0.15) is 17.5 Å². The summed E-state index contributed by atoms with van der Waals surface area (Å²) in [6.07, 6.45) is 1.36. The summed E-state index contributed by atoms with van der Waals surface area (Å²) in [5.41, 5.74) is 1.20. The first kappa shape index (κ1) is 16.1. The number of nitrogens with zero attached hydrogens (tertiary/aromatic N) is 1. The number of rotatable bonds is 3. The molecule has 0 bridgehead atoms. The molecule has 0 aliphatic carbocycles. The van der Waals surface area contributed by atoms with Gasteiger partial charge in [-0.2, -0.15) is 5.26 Å². The van der Waals surface area contributed by atoms with E-state index in [1.54, 1.807) is 18.2 Å². The van der Waals surface area contributed by atoms with E-state index in [9.17, 15) is 14.0 Å². The minimum atomic E-state index is -0.891. The number of nitriles is 1. The molecular formula is C18H13FN2O2. The van der Waals surface area contributed by atoms with Crippen molar-refractivity contribution in [3.8, 4) is 6.07 Å². The van der Waals surface area contributed by atoms with Gasteiger partial charge in [-0.1, -0.05) is 42.0 Å². The van der Waals surface area contributed by atoms with E-state index in [4.69, 9.17) is 5.26 Å². The first-order valence-electron chi connectivity index (χ1n) is 6.80. The van der Waals surface area contributed by atoms with E-state index in [-0.39, 0.29) is 11.1 Å². The van der Waals surface area contributed by atoms with Crippen molar-refractivity contribution < 1.29 is 14.0 Å². The van der Waals surface area contributed by atoms with Crippen molar-refractivity contribution in [1.82, 2.24) is 5.32 Å². The third-order valence-electron chi connectivity index (χ3n) is 3.10. The Morgan fingerprint density at radius 3 is 2.39 bits per heavy atom. The molecule has 5 heteroatoms. The van der Waals surface area contributed by atoms with Gasteiger partial charge < -0.3 is 0 Å². The maximum atomic E-state index is 13.5. The van der Waals surface area contributed by atoms with Crippen LogP contribution in [0, 0.1) is 24.1 Å². The predicted molar refractivity (Wildman–Crippen MR) is 83.6 cm³/mol. The van der Waals surface area contributed by atoms with Crippen LogP contribution in [-0.2, 0) is 4.79 Å². The fraction of sp³-hybridized carbons (Fsp3) is 0.0556. The number of hydrogen-bond acceptors (Lipinski definition) is 3. The van der Waals surface area contributed by atoms with E-state index >= 15 is 0 Å². The van der Waals surface area contributed by atoms with Crippen LogP contribution in [0.3, 0.4) is 0 Å². The van der Waals surface area contributed by atoms with Crippen LogP contribution >= 0.6 is 0 Å². The van der Waals surface area contributed by atoms with E-state index in [1.807, 2.05) is 24.4 Å². The standard InChI is InChI=1S/C18H13FN2O2/c1-12-6-8-13(9-7-12)10-14(11-20)17(22)21-18(23)15-4-2-3-5-16(15)19/h2-10H,1H3,(H,21,22,23)/b14-10+. The minimum Gasteiger partial charge on any atom is -0.287 e. The van der Waals surface area contributed by atoms with E-state index in [0.717, 1.165) is 11.6 Å². The molecule has 0 fully saturated rings. The van der Waals surface area contributed by atoms with Crippen LogP contribution in [0.2, 0.25) is 0 Å². The molecule has 0 aromatic heterocycles. The van der Waals surface area contributed by atoms with E-state index in [1.165, 1.54) is 24.3 Å². The second-order valence-electron chi connectivity index (χ2n) is 4.84. The molecule has 2 amide bonds. The summed E-state index contributed by atoms with van der Waals surface area (Å²) in [7, 11) is 0. The summed E-state index contributed by atoms with van der Waals surface area (Å²) < 4.78 is 13.5. The van der Waals surface area contributed by atoms with Gasteiger partial charge in [-0.15, -0.1) is 0 Å². The largest absolute Gasteiger partial charge is 0.287 e. The molecule has 0 radical (unpaired) electrons. The number of carbonyl (C=O) groups is 2. The Kier molecular flexibility index (Phi) is 5.00. The number of hydrogen-bond donors (Lipinski definition) is 1. The van der Waals surface area contributed by atoms with Crippen LogP contribution in [0.25, 0.3) is 6.08 Å². The molecule has 0 aliphatic heterocycles. The van der Waals surface area contributed by atoms with Crippen molar-refractivity contribution in [3.63, 3.8) is 0 Å². The Morgan fingerprint density at radius 1 is 1.13 bits per heavy atom. The number of imide groups is 1. The number of carbonyl (C=O) groups excluding carboxylic acids is 2. The maximum absolute atomic E-state index is 13.5. The number of halogens is 1. The normalized spacial score (nSPS) is 10.7. The highest BCUT2D eigenvalue weighted by Crippen LogP contribution is 2.10. The van der Waals surface area contributed by atoms with Crippen molar-refractivity contribution in [2.45, 2.75) is 6.92 Å². The molecule has 0 spiro atoms. The predicted octanol–water partition coefficient (Wildman–Crippen LogP) is 3.00. The molecule has 2 aromatic rings. The average molecular weight is 308 g/mol. The molecule has 1 N–H and O–H groups in total. The summed E-state index contributed by atoms with van der Waals surface area (Å²) in [6, 6.07) is 14.2. The molecular weight excluding hydrogens is 295 g/mol. The Morgan fingerprint density at radius 2 is 1.78 bits per heavy atom. The van der Waals surface area contributed by atoms with Gasteiger partial charge in [0, 0.05) is 0 Å². The second kappa shape index (κ2) is 7.14. The highest BCUT2D eigenvalue weighted by molar-refractivity contribution is 6.13. The monoisotopic (exact) mass is 308 g/mol. The second-order valence-corrected chi connectivity index (χ2v) is 4.84. The van der Waals surface area contributed by atoms with Gasteiger partial charge in [-0.25, -0.2) is 4.39 Å². The molecule has 2 rings (SSSR count). The van der Waals surface area contributed by atoms with Gasteiger partial charge in [-0.05, 0) is 30.7 Å². The highest BCUT2D eigenvalue weighted by Gasteiger charge is 2.17. The number of nitrogens with one attached hydrogen (secondary N) is 1. The summed E-state index contributed by atoms with van der Waals surface area (Å²) >= 11 is 0. The zero-order valence-electron chi connectivity index (χ0n) is 12.3. The molecule has 0 aliphatic rings. The Labute approximate surface area is 132 Å². The van der Waals surface area contributed by atoms with Gasteiger partial charge in [0.25, 0.3) is 11.8 Å². The van der Waals surface area contributed by atoms with Crippen molar-refractivity contribution >= 4 is 17.9 Å². The molecule has 2 aromatic carbocycles. The zero-order valence-corrected chi connectivity index (χ0v) is 12.3. The zero-order chi connectivity index (χ0) is 16.8. The third-order valence-corrected chi connectivity index (χ3v) is 3.10. The topological polar surface area (TPSA) is 70.0 Å². The quantitative estimate of drug-likeness (QED) is 0.700. The van der Waals surface area contributed by atoms with Crippen molar-refractivity contribution in [2.75, 3.05) is 0 Å². The molecule has 0 atom stereocenters. The summed E-state index contributed by atoms with van der Waals surface area (Å²) in [4.78, 5) is 23.9. The van der Waals surface area contributed by atoms with Gasteiger partial charge in [0.15, 0.2) is 0 Å². The van der Waals surface area contributed by atoms with Crippen molar-refractivity contribution in [1.29, 1.82) is 5.26 Å². The minimum absolute atomic E-state index is 0.237. The molecule has 4 nitrogen and oxygen atoms in total. The third kappa shape index (κ3) is 4.11. The first-order valence-corrected chi connectivity index (χ1v) is 6.80. The molecule has 0 heterocycles. The summed E-state index contributed by atoms with van der Waals surface area (Å²) in [5.74, 6) is -2.50. The molecule has 114 valence electrons. The lowest BCUT2D eigenvalue weighted by Crippen LogP contribution is -2.31. The Balaban J connectivity index is 2.18. The lowest BCUT2D eigenvalue weighted by molar-refractivity contribution is -0.116. The smallest absolute Gasteiger partial charge is 0.268 e. The number of amides is 2. The molecule has 0 saturated heterocycles.